The van der Waals surface area contributed by atoms with Gasteiger partial charge in [-0.3, -0.25) is 14.5 Å². The summed E-state index contributed by atoms with van der Waals surface area (Å²) in [5.41, 5.74) is 1.07. The van der Waals surface area contributed by atoms with Crippen molar-refractivity contribution in [1.29, 1.82) is 0 Å². The minimum atomic E-state index is 0. The molecule has 1 saturated heterocycles. The van der Waals surface area contributed by atoms with Crippen LogP contribution in [-0.4, -0.2) is 50.4 Å². The number of aromatic nitrogens is 4. The molecule has 2 aromatic rings. The largest absolute Gasteiger partial charge is 0.333 e. The molecule has 3 heterocycles. The smallest absolute Gasteiger partial charge is 0.225 e. The highest BCUT2D eigenvalue weighted by Gasteiger charge is 2.27. The second-order valence-corrected chi connectivity index (χ2v) is 5.01. The number of amides is 1. The van der Waals surface area contributed by atoms with Crippen LogP contribution in [0.3, 0.4) is 0 Å². The molecule has 3 rings (SSSR count). The normalized spacial score (nSPS) is 17.8. The van der Waals surface area contributed by atoms with Gasteiger partial charge in [0.15, 0.2) is 0 Å². The van der Waals surface area contributed by atoms with Crippen molar-refractivity contribution in [3.05, 3.63) is 42.5 Å². The summed E-state index contributed by atoms with van der Waals surface area (Å²) < 4.78 is 1.68. The molecule has 0 radical (unpaired) electrons. The van der Waals surface area contributed by atoms with Crippen LogP contribution < -0.4 is 5.32 Å². The van der Waals surface area contributed by atoms with Crippen LogP contribution in [0.1, 0.15) is 18.0 Å². The van der Waals surface area contributed by atoms with Crippen molar-refractivity contribution in [3.63, 3.8) is 0 Å². The molecule has 7 nitrogen and oxygen atoms in total. The van der Waals surface area contributed by atoms with Gasteiger partial charge in [-0.25, -0.2) is 0 Å². The van der Waals surface area contributed by atoms with Crippen molar-refractivity contribution < 1.29 is 4.79 Å². The van der Waals surface area contributed by atoms with E-state index in [4.69, 9.17) is 0 Å². The van der Waals surface area contributed by atoms with E-state index < -0.39 is 0 Å². The molecule has 1 aliphatic heterocycles. The average Bonchev–Trinajstić information content (AvgIpc) is 3.07. The third-order valence-corrected chi connectivity index (χ3v) is 3.66. The number of hydrogen-bond donors (Lipinski definition) is 1. The summed E-state index contributed by atoms with van der Waals surface area (Å²) in [4.78, 5) is 18.6. The first-order chi connectivity index (χ1) is 10.3. The molecule has 0 spiro atoms. The summed E-state index contributed by atoms with van der Waals surface area (Å²) in [7, 11) is 0. The number of hydrogen-bond acceptors (Lipinski definition) is 5. The summed E-state index contributed by atoms with van der Waals surface area (Å²) in [6, 6.07) is 3.97. The lowest BCUT2D eigenvalue weighted by Crippen LogP contribution is -2.48. The van der Waals surface area contributed by atoms with Gasteiger partial charge in [0, 0.05) is 44.6 Å². The lowest BCUT2D eigenvalue weighted by Gasteiger charge is -2.36. The van der Waals surface area contributed by atoms with Crippen molar-refractivity contribution in [2.75, 3.05) is 19.6 Å². The lowest BCUT2D eigenvalue weighted by atomic mass is 10.0. The first kappa shape index (κ1) is 16.4. The number of nitrogens with zero attached hydrogens (tertiary/aromatic N) is 5. The number of rotatable bonds is 4. The number of halogens is 1. The average molecular weight is 323 g/mol. The zero-order valence-corrected chi connectivity index (χ0v) is 12.9. The molecule has 0 bridgehead atoms. The predicted molar refractivity (Wildman–Crippen MR) is 83.4 cm³/mol. The Morgan fingerprint density at radius 3 is 3.05 bits per heavy atom. The molecular weight excluding hydrogens is 304 g/mol. The van der Waals surface area contributed by atoms with E-state index in [1.54, 1.807) is 23.3 Å². The number of nitrogens with one attached hydrogen (secondary N) is 1. The van der Waals surface area contributed by atoms with Crippen molar-refractivity contribution in [2.45, 2.75) is 19.0 Å². The molecule has 2 aromatic heterocycles. The van der Waals surface area contributed by atoms with Crippen molar-refractivity contribution >= 4 is 18.3 Å². The standard InChI is InChI=1S/C14H18N6O.ClH/c21-14(3-7-19-8-6-17-18-19)20-9-5-16-11-13(20)12-2-1-4-15-10-12;/h1-2,4,6,8,10,13,16H,3,5,7,9,11H2;1H. The quantitative estimate of drug-likeness (QED) is 0.895. The van der Waals surface area contributed by atoms with E-state index in [1.807, 2.05) is 23.2 Å². The minimum absolute atomic E-state index is 0. The van der Waals surface area contributed by atoms with E-state index in [9.17, 15) is 4.79 Å². The molecule has 22 heavy (non-hydrogen) atoms. The molecule has 0 saturated carbocycles. The SMILES string of the molecule is Cl.O=C(CCn1ccnn1)N1CCNCC1c1cccnc1. The van der Waals surface area contributed by atoms with Gasteiger partial charge >= 0.3 is 0 Å². The highest BCUT2D eigenvalue weighted by molar-refractivity contribution is 5.85. The molecule has 1 atom stereocenters. The van der Waals surface area contributed by atoms with Crippen LogP contribution in [-0.2, 0) is 11.3 Å². The zero-order chi connectivity index (χ0) is 14.5. The topological polar surface area (TPSA) is 75.9 Å². The first-order valence-electron chi connectivity index (χ1n) is 7.09. The third kappa shape index (κ3) is 3.80. The number of piperazine rings is 1. The number of carbonyl (C=O) groups excluding carboxylic acids is 1. The Morgan fingerprint density at radius 1 is 1.41 bits per heavy atom. The third-order valence-electron chi connectivity index (χ3n) is 3.66. The van der Waals surface area contributed by atoms with E-state index in [2.05, 4.69) is 20.6 Å². The van der Waals surface area contributed by atoms with Gasteiger partial charge < -0.3 is 10.2 Å². The number of aryl methyl sites for hydroxylation is 1. The summed E-state index contributed by atoms with van der Waals surface area (Å²) in [5, 5.41) is 11.0. The summed E-state index contributed by atoms with van der Waals surface area (Å²) >= 11 is 0. The molecule has 118 valence electrons. The number of pyridine rings is 1. The van der Waals surface area contributed by atoms with Gasteiger partial charge in [-0.15, -0.1) is 17.5 Å². The van der Waals surface area contributed by atoms with Gasteiger partial charge in [0.1, 0.15) is 0 Å². The second-order valence-electron chi connectivity index (χ2n) is 5.01. The Balaban J connectivity index is 0.00000176. The van der Waals surface area contributed by atoms with Crippen LogP contribution in [0.15, 0.2) is 36.9 Å². The Morgan fingerprint density at radius 2 is 2.32 bits per heavy atom. The monoisotopic (exact) mass is 322 g/mol. The molecule has 1 N–H and O–H groups in total. The van der Waals surface area contributed by atoms with Crippen LogP contribution >= 0.6 is 12.4 Å². The maximum atomic E-state index is 12.5. The maximum Gasteiger partial charge on any atom is 0.225 e. The molecule has 0 aliphatic carbocycles. The summed E-state index contributed by atoms with van der Waals surface area (Å²) in [5.74, 6) is 0.140. The van der Waals surface area contributed by atoms with Gasteiger partial charge in [0.05, 0.1) is 18.8 Å². The summed E-state index contributed by atoms with van der Waals surface area (Å²) in [6.07, 6.45) is 7.39. The van der Waals surface area contributed by atoms with Crippen LogP contribution in [0.2, 0.25) is 0 Å². The molecule has 0 aromatic carbocycles. The zero-order valence-electron chi connectivity index (χ0n) is 12.1. The predicted octanol–water partition coefficient (Wildman–Crippen LogP) is 0.658. The Labute approximate surface area is 135 Å². The molecule has 1 unspecified atom stereocenters. The maximum absolute atomic E-state index is 12.5. The fourth-order valence-electron chi connectivity index (χ4n) is 2.58. The van der Waals surface area contributed by atoms with Crippen LogP contribution in [0.4, 0.5) is 0 Å². The van der Waals surface area contributed by atoms with Gasteiger partial charge in [0.2, 0.25) is 5.91 Å². The second kappa shape index (κ2) is 7.86. The minimum Gasteiger partial charge on any atom is -0.333 e. The fraction of sp³-hybridized carbons (Fsp3) is 0.429. The van der Waals surface area contributed by atoms with Crippen LogP contribution in [0.5, 0.6) is 0 Å². The van der Waals surface area contributed by atoms with Gasteiger partial charge in [-0.05, 0) is 11.6 Å². The molecule has 1 aliphatic rings. The Bertz CT molecular complexity index is 576. The van der Waals surface area contributed by atoms with Crippen LogP contribution in [0.25, 0.3) is 0 Å². The van der Waals surface area contributed by atoms with E-state index in [1.165, 1.54) is 0 Å². The highest BCUT2D eigenvalue weighted by Crippen LogP contribution is 2.22. The fourth-order valence-corrected chi connectivity index (χ4v) is 2.58. The molecule has 8 heteroatoms. The van der Waals surface area contributed by atoms with E-state index in [-0.39, 0.29) is 24.4 Å². The van der Waals surface area contributed by atoms with Crippen LogP contribution in [0, 0.1) is 0 Å². The van der Waals surface area contributed by atoms with Crippen molar-refractivity contribution in [1.82, 2.24) is 30.2 Å². The van der Waals surface area contributed by atoms with Gasteiger partial charge in [0.25, 0.3) is 0 Å². The first-order valence-corrected chi connectivity index (χ1v) is 7.09. The molecule has 1 fully saturated rings. The highest BCUT2D eigenvalue weighted by atomic mass is 35.5. The van der Waals surface area contributed by atoms with Gasteiger partial charge in [-0.2, -0.15) is 0 Å². The van der Waals surface area contributed by atoms with Gasteiger partial charge in [-0.1, -0.05) is 11.3 Å². The molecule has 1 amide bonds. The molecular formula is C14H19ClN6O. The van der Waals surface area contributed by atoms with E-state index in [0.717, 1.165) is 25.2 Å². The Kier molecular flexibility index (Phi) is 5.85. The van der Waals surface area contributed by atoms with E-state index >= 15 is 0 Å². The van der Waals surface area contributed by atoms with Crippen molar-refractivity contribution in [3.8, 4) is 0 Å². The Hall–Kier alpha value is -1.99. The summed E-state index contributed by atoms with van der Waals surface area (Å²) in [6.45, 7) is 2.87. The number of carbonyl (C=O) groups is 1. The lowest BCUT2D eigenvalue weighted by molar-refractivity contribution is -0.134. The van der Waals surface area contributed by atoms with Crippen molar-refractivity contribution in [2.24, 2.45) is 0 Å². The van der Waals surface area contributed by atoms with E-state index in [0.29, 0.717) is 13.0 Å².